The third kappa shape index (κ3) is 4.51. The number of hydrogen-bond acceptors (Lipinski definition) is 4. The van der Waals surface area contributed by atoms with Gasteiger partial charge in [0.05, 0.1) is 12.0 Å². The Morgan fingerprint density at radius 3 is 2.40 bits per heavy atom. The van der Waals surface area contributed by atoms with Crippen LogP contribution < -0.4 is 9.47 Å². The van der Waals surface area contributed by atoms with Crippen LogP contribution in [0.3, 0.4) is 0 Å². The molecule has 3 aromatic rings. The predicted octanol–water partition coefficient (Wildman–Crippen LogP) is 6.41. The average molecular weight is 460 g/mol. The highest BCUT2D eigenvalue weighted by atomic mass is 35.5. The molecule has 1 aliphatic rings. The van der Waals surface area contributed by atoms with Crippen molar-refractivity contribution in [3.05, 3.63) is 98.2 Å². The van der Waals surface area contributed by atoms with Crippen molar-refractivity contribution in [2.45, 2.75) is 6.42 Å². The Balaban J connectivity index is 1.49. The fraction of sp³-hybridized carbons (Fsp3) is 0.0435. The van der Waals surface area contributed by atoms with Crippen LogP contribution in [0, 0.1) is 0 Å². The molecule has 0 saturated carbocycles. The van der Waals surface area contributed by atoms with E-state index >= 15 is 0 Å². The smallest absolute Gasteiger partial charge is 0.315 e. The zero-order chi connectivity index (χ0) is 21.3. The van der Waals surface area contributed by atoms with Gasteiger partial charge >= 0.3 is 5.97 Å². The average Bonchev–Trinajstić information content (AvgIpc) is 3.01. The molecule has 1 heterocycles. The molecule has 0 atom stereocenters. The number of ether oxygens (including phenoxy) is 2. The number of carbonyl (C=O) groups excluding carboxylic acids is 2. The van der Waals surface area contributed by atoms with E-state index in [1.165, 1.54) is 6.07 Å². The van der Waals surface area contributed by atoms with E-state index in [0.717, 1.165) is 5.56 Å². The lowest BCUT2D eigenvalue weighted by Gasteiger charge is -2.06. The summed E-state index contributed by atoms with van der Waals surface area (Å²) in [6.07, 6.45) is 1.64. The standard InChI is InChI=1S/C23H13Cl3O4/c24-15-4-1-13(2-5-15)9-22(27)29-17-7-8-18-20(12-17)30-21(23(18)28)10-14-3-6-16(25)11-19(14)26/h1-8,10-12H,9H2/b21-10-. The molecule has 30 heavy (non-hydrogen) atoms. The second-order valence-corrected chi connectivity index (χ2v) is 7.82. The summed E-state index contributed by atoms with van der Waals surface area (Å²) < 4.78 is 11.1. The van der Waals surface area contributed by atoms with Crippen molar-refractivity contribution < 1.29 is 19.1 Å². The molecule has 0 radical (unpaired) electrons. The van der Waals surface area contributed by atoms with Crippen LogP contribution in [0.1, 0.15) is 21.5 Å². The minimum absolute atomic E-state index is 0.0915. The van der Waals surface area contributed by atoms with Crippen molar-refractivity contribution in [2.75, 3.05) is 0 Å². The third-order valence-corrected chi connectivity index (χ3v) is 5.20. The maximum Gasteiger partial charge on any atom is 0.315 e. The topological polar surface area (TPSA) is 52.6 Å². The van der Waals surface area contributed by atoms with E-state index in [1.807, 2.05) is 0 Å². The molecule has 0 saturated heterocycles. The highest BCUT2D eigenvalue weighted by Crippen LogP contribution is 2.35. The first-order valence-electron chi connectivity index (χ1n) is 8.87. The van der Waals surface area contributed by atoms with Gasteiger partial charge in [0.15, 0.2) is 5.76 Å². The van der Waals surface area contributed by atoms with E-state index < -0.39 is 5.97 Å². The lowest BCUT2D eigenvalue weighted by atomic mass is 10.1. The van der Waals surface area contributed by atoms with E-state index in [0.29, 0.717) is 31.9 Å². The van der Waals surface area contributed by atoms with Crippen molar-refractivity contribution >= 4 is 52.6 Å². The molecule has 0 bridgehead atoms. The van der Waals surface area contributed by atoms with Gasteiger partial charge in [0, 0.05) is 21.1 Å². The van der Waals surface area contributed by atoms with E-state index in [-0.39, 0.29) is 23.7 Å². The fourth-order valence-electron chi connectivity index (χ4n) is 2.93. The van der Waals surface area contributed by atoms with Gasteiger partial charge in [0.2, 0.25) is 5.78 Å². The number of benzene rings is 3. The van der Waals surface area contributed by atoms with Crippen LogP contribution >= 0.6 is 34.8 Å². The summed E-state index contributed by atoms with van der Waals surface area (Å²) >= 11 is 17.9. The zero-order valence-corrected chi connectivity index (χ0v) is 17.6. The summed E-state index contributed by atoms with van der Waals surface area (Å²) in [6.45, 7) is 0. The summed E-state index contributed by atoms with van der Waals surface area (Å²) in [6, 6.07) is 16.5. The second kappa shape index (κ2) is 8.52. The Bertz CT molecular complexity index is 1180. The van der Waals surface area contributed by atoms with Gasteiger partial charge in [0.25, 0.3) is 0 Å². The van der Waals surface area contributed by atoms with Crippen molar-refractivity contribution in [1.82, 2.24) is 0 Å². The van der Waals surface area contributed by atoms with Crippen LogP contribution in [0.2, 0.25) is 15.1 Å². The molecule has 0 aromatic heterocycles. The fourth-order valence-corrected chi connectivity index (χ4v) is 3.52. The molecule has 7 heteroatoms. The molecule has 150 valence electrons. The highest BCUT2D eigenvalue weighted by molar-refractivity contribution is 6.35. The molecule has 0 aliphatic carbocycles. The molecular formula is C23H13Cl3O4. The molecule has 0 spiro atoms. The summed E-state index contributed by atoms with van der Waals surface area (Å²) in [5, 5.41) is 1.49. The Morgan fingerprint density at radius 1 is 0.933 bits per heavy atom. The van der Waals surface area contributed by atoms with Gasteiger partial charge in [0.1, 0.15) is 11.5 Å². The molecule has 0 amide bonds. The van der Waals surface area contributed by atoms with Gasteiger partial charge in [-0.1, -0.05) is 53.0 Å². The minimum atomic E-state index is -0.440. The number of hydrogen-bond donors (Lipinski definition) is 0. The van der Waals surface area contributed by atoms with Crippen LogP contribution in [-0.2, 0) is 11.2 Å². The van der Waals surface area contributed by atoms with Gasteiger partial charge < -0.3 is 9.47 Å². The van der Waals surface area contributed by atoms with Crippen LogP contribution in [0.4, 0.5) is 0 Å². The molecule has 1 aliphatic heterocycles. The number of fused-ring (bicyclic) bond motifs is 1. The van der Waals surface area contributed by atoms with Gasteiger partial charge in [-0.3, -0.25) is 9.59 Å². The first-order valence-corrected chi connectivity index (χ1v) is 10.0. The molecule has 3 aromatic carbocycles. The van der Waals surface area contributed by atoms with Crippen LogP contribution in [-0.4, -0.2) is 11.8 Å². The maximum atomic E-state index is 12.6. The summed E-state index contributed by atoms with van der Waals surface area (Å²) in [5.41, 5.74) is 1.76. The van der Waals surface area contributed by atoms with Crippen molar-refractivity contribution in [3.8, 4) is 11.5 Å². The van der Waals surface area contributed by atoms with Crippen molar-refractivity contribution in [2.24, 2.45) is 0 Å². The van der Waals surface area contributed by atoms with E-state index in [1.54, 1.807) is 60.7 Å². The lowest BCUT2D eigenvalue weighted by Crippen LogP contribution is -2.11. The lowest BCUT2D eigenvalue weighted by molar-refractivity contribution is -0.133. The van der Waals surface area contributed by atoms with E-state index in [9.17, 15) is 9.59 Å². The number of halogens is 3. The van der Waals surface area contributed by atoms with Gasteiger partial charge in [-0.05, 0) is 53.6 Å². The van der Waals surface area contributed by atoms with Gasteiger partial charge in [-0.2, -0.15) is 0 Å². The van der Waals surface area contributed by atoms with Crippen LogP contribution in [0.25, 0.3) is 6.08 Å². The largest absolute Gasteiger partial charge is 0.452 e. The molecular weight excluding hydrogens is 447 g/mol. The van der Waals surface area contributed by atoms with Crippen LogP contribution in [0.5, 0.6) is 11.5 Å². The van der Waals surface area contributed by atoms with Crippen molar-refractivity contribution in [3.63, 3.8) is 0 Å². The Labute approximate surface area is 187 Å². The van der Waals surface area contributed by atoms with E-state index in [2.05, 4.69) is 0 Å². The normalized spacial score (nSPS) is 13.8. The van der Waals surface area contributed by atoms with Gasteiger partial charge in [-0.25, -0.2) is 0 Å². The minimum Gasteiger partial charge on any atom is -0.452 e. The maximum absolute atomic E-state index is 12.6. The molecule has 0 unspecified atom stereocenters. The van der Waals surface area contributed by atoms with Gasteiger partial charge in [-0.15, -0.1) is 0 Å². The Morgan fingerprint density at radius 2 is 1.67 bits per heavy atom. The number of carbonyl (C=O) groups is 2. The number of rotatable bonds is 4. The molecule has 4 rings (SSSR count). The number of esters is 1. The first kappa shape index (κ1) is 20.5. The predicted molar refractivity (Wildman–Crippen MR) is 117 cm³/mol. The van der Waals surface area contributed by atoms with E-state index in [4.69, 9.17) is 44.3 Å². The SMILES string of the molecule is O=C(Cc1ccc(Cl)cc1)Oc1ccc2c(c1)O/C(=C\c1ccc(Cl)cc1Cl)C2=O. The molecule has 4 nitrogen and oxygen atoms in total. The zero-order valence-electron chi connectivity index (χ0n) is 15.3. The summed E-state index contributed by atoms with van der Waals surface area (Å²) in [5.74, 6) is -0.00125. The molecule has 0 N–H and O–H groups in total. The Kier molecular flexibility index (Phi) is 5.82. The Hall–Kier alpha value is -2.79. The monoisotopic (exact) mass is 458 g/mol. The summed E-state index contributed by atoms with van der Waals surface area (Å²) in [4.78, 5) is 24.8. The molecule has 0 fully saturated rings. The summed E-state index contributed by atoms with van der Waals surface area (Å²) in [7, 11) is 0. The second-order valence-electron chi connectivity index (χ2n) is 6.54. The highest BCUT2D eigenvalue weighted by Gasteiger charge is 2.28. The third-order valence-electron chi connectivity index (χ3n) is 4.38. The quantitative estimate of drug-likeness (QED) is 0.257. The number of Topliss-reactive ketones (excluding diaryl/α,β-unsaturated/α-hetero) is 1. The number of allylic oxidation sites excluding steroid dienone is 1. The number of ketones is 1. The van der Waals surface area contributed by atoms with Crippen molar-refractivity contribution in [1.29, 1.82) is 0 Å². The van der Waals surface area contributed by atoms with Crippen LogP contribution in [0.15, 0.2) is 66.4 Å². The first-order chi connectivity index (χ1) is 14.4.